The minimum atomic E-state index is -0.341. The van der Waals surface area contributed by atoms with Crippen LogP contribution in [0.4, 0.5) is 4.39 Å². The van der Waals surface area contributed by atoms with Crippen molar-refractivity contribution in [3.05, 3.63) is 87.9 Å². The number of methoxy groups -OCH3 is 1. The first kappa shape index (κ1) is 18.1. The molecule has 3 nitrogen and oxygen atoms in total. The van der Waals surface area contributed by atoms with E-state index in [0.29, 0.717) is 12.0 Å². The monoisotopic (exact) mass is 369 g/mol. The standard InChI is InChI=1S/C21H20FNO2S/c1-25-17-10-8-15(9-11-17)19(13-18-6-4-12-26-18)21(24)23-14-16-5-2-3-7-20(16)22/h2-12,19H,13-14H2,1H3,(H,23,24). The van der Waals surface area contributed by atoms with E-state index in [2.05, 4.69) is 5.32 Å². The molecule has 3 rings (SSSR count). The van der Waals surface area contributed by atoms with Crippen molar-refractivity contribution in [1.82, 2.24) is 5.32 Å². The molecule has 1 unspecified atom stereocenters. The number of rotatable bonds is 7. The summed E-state index contributed by atoms with van der Waals surface area (Å²) >= 11 is 1.62. The molecule has 1 aromatic heterocycles. The predicted molar refractivity (Wildman–Crippen MR) is 102 cm³/mol. The number of ether oxygens (including phenoxy) is 1. The maximum absolute atomic E-state index is 13.8. The van der Waals surface area contributed by atoms with E-state index in [9.17, 15) is 9.18 Å². The highest BCUT2D eigenvalue weighted by atomic mass is 32.1. The van der Waals surface area contributed by atoms with E-state index in [1.54, 1.807) is 36.6 Å². The predicted octanol–water partition coefficient (Wildman–Crippen LogP) is 4.54. The number of nitrogens with one attached hydrogen (secondary N) is 1. The van der Waals surface area contributed by atoms with Crippen LogP contribution < -0.4 is 10.1 Å². The van der Waals surface area contributed by atoms with E-state index in [0.717, 1.165) is 16.2 Å². The molecule has 5 heteroatoms. The molecular weight excluding hydrogens is 349 g/mol. The van der Waals surface area contributed by atoms with Gasteiger partial charge in [-0.3, -0.25) is 4.79 Å². The molecule has 1 N–H and O–H groups in total. The third-order valence-electron chi connectivity index (χ3n) is 4.23. The van der Waals surface area contributed by atoms with E-state index in [1.165, 1.54) is 6.07 Å². The summed E-state index contributed by atoms with van der Waals surface area (Å²) in [7, 11) is 1.61. The van der Waals surface area contributed by atoms with E-state index in [4.69, 9.17) is 4.74 Å². The van der Waals surface area contributed by atoms with Crippen molar-refractivity contribution >= 4 is 17.2 Å². The minimum Gasteiger partial charge on any atom is -0.497 e. The third kappa shape index (κ3) is 4.49. The Morgan fingerprint density at radius 1 is 1.12 bits per heavy atom. The zero-order valence-corrected chi connectivity index (χ0v) is 15.3. The summed E-state index contributed by atoms with van der Waals surface area (Å²) in [6, 6.07) is 18.0. The molecule has 0 bridgehead atoms. The lowest BCUT2D eigenvalue weighted by Gasteiger charge is -2.17. The van der Waals surface area contributed by atoms with Crippen molar-refractivity contribution in [2.75, 3.05) is 7.11 Å². The van der Waals surface area contributed by atoms with Gasteiger partial charge in [0.25, 0.3) is 0 Å². The van der Waals surface area contributed by atoms with Crippen molar-refractivity contribution in [2.24, 2.45) is 0 Å². The van der Waals surface area contributed by atoms with Crippen LogP contribution in [0.25, 0.3) is 0 Å². The van der Waals surface area contributed by atoms with E-state index in [1.807, 2.05) is 41.8 Å². The molecule has 1 atom stereocenters. The highest BCUT2D eigenvalue weighted by Crippen LogP contribution is 2.26. The second-order valence-electron chi connectivity index (χ2n) is 5.92. The van der Waals surface area contributed by atoms with Gasteiger partial charge in [0.2, 0.25) is 5.91 Å². The van der Waals surface area contributed by atoms with Gasteiger partial charge in [0.05, 0.1) is 13.0 Å². The quantitative estimate of drug-likeness (QED) is 0.664. The van der Waals surface area contributed by atoms with Gasteiger partial charge in [0, 0.05) is 17.0 Å². The van der Waals surface area contributed by atoms with Gasteiger partial charge in [-0.15, -0.1) is 11.3 Å². The minimum absolute atomic E-state index is 0.119. The van der Waals surface area contributed by atoms with E-state index >= 15 is 0 Å². The fourth-order valence-corrected chi connectivity index (χ4v) is 3.53. The van der Waals surface area contributed by atoms with E-state index in [-0.39, 0.29) is 24.2 Å². The highest BCUT2D eigenvalue weighted by Gasteiger charge is 2.22. The number of hydrogen-bond acceptors (Lipinski definition) is 3. The third-order valence-corrected chi connectivity index (χ3v) is 5.13. The number of carbonyl (C=O) groups excluding carboxylic acids is 1. The van der Waals surface area contributed by atoms with Crippen molar-refractivity contribution < 1.29 is 13.9 Å². The SMILES string of the molecule is COc1ccc(C(Cc2cccs2)C(=O)NCc2ccccc2F)cc1. The largest absolute Gasteiger partial charge is 0.497 e. The Morgan fingerprint density at radius 2 is 1.88 bits per heavy atom. The van der Waals surface area contributed by atoms with Crippen LogP contribution in [-0.2, 0) is 17.8 Å². The van der Waals surface area contributed by atoms with Crippen LogP contribution in [0.2, 0.25) is 0 Å². The Morgan fingerprint density at radius 3 is 2.54 bits per heavy atom. The number of thiophene rings is 1. The summed E-state index contributed by atoms with van der Waals surface area (Å²) in [6.45, 7) is 0.169. The Kier molecular flexibility index (Phi) is 6.02. The first-order valence-electron chi connectivity index (χ1n) is 8.35. The van der Waals surface area contributed by atoms with Crippen LogP contribution in [0, 0.1) is 5.82 Å². The van der Waals surface area contributed by atoms with Gasteiger partial charge in [0.1, 0.15) is 11.6 Å². The fraction of sp³-hybridized carbons (Fsp3) is 0.190. The molecule has 0 spiro atoms. The number of benzene rings is 2. The molecule has 1 amide bonds. The van der Waals surface area contributed by atoms with Crippen LogP contribution >= 0.6 is 11.3 Å². The summed E-state index contributed by atoms with van der Waals surface area (Å²) in [4.78, 5) is 14.0. The normalized spacial score (nSPS) is 11.8. The van der Waals surface area contributed by atoms with E-state index < -0.39 is 0 Å². The summed E-state index contributed by atoms with van der Waals surface area (Å²) < 4.78 is 19.0. The molecular formula is C21H20FNO2S. The van der Waals surface area contributed by atoms with Crippen molar-refractivity contribution in [1.29, 1.82) is 0 Å². The fourth-order valence-electron chi connectivity index (χ4n) is 2.78. The highest BCUT2D eigenvalue weighted by molar-refractivity contribution is 7.09. The smallest absolute Gasteiger partial charge is 0.228 e. The van der Waals surface area contributed by atoms with Crippen molar-refractivity contribution in [2.45, 2.75) is 18.9 Å². The first-order valence-corrected chi connectivity index (χ1v) is 9.23. The maximum atomic E-state index is 13.8. The molecule has 0 aliphatic carbocycles. The summed E-state index contributed by atoms with van der Waals surface area (Å²) in [5.74, 6) is -0.0272. The summed E-state index contributed by atoms with van der Waals surface area (Å²) in [5, 5.41) is 4.87. The van der Waals surface area contributed by atoms with Gasteiger partial charge >= 0.3 is 0 Å². The molecule has 26 heavy (non-hydrogen) atoms. The zero-order valence-electron chi connectivity index (χ0n) is 14.4. The molecule has 0 saturated carbocycles. The van der Waals surface area contributed by atoms with Crippen LogP contribution in [0.5, 0.6) is 5.75 Å². The number of carbonyl (C=O) groups is 1. The lowest BCUT2D eigenvalue weighted by atomic mass is 9.94. The molecule has 0 saturated heterocycles. The molecule has 3 aromatic rings. The average Bonchev–Trinajstić information content (AvgIpc) is 3.19. The lowest BCUT2D eigenvalue weighted by molar-refractivity contribution is -0.122. The van der Waals surface area contributed by atoms with Gasteiger partial charge in [-0.2, -0.15) is 0 Å². The van der Waals surface area contributed by atoms with Gasteiger partial charge in [0.15, 0.2) is 0 Å². The maximum Gasteiger partial charge on any atom is 0.228 e. The number of amides is 1. The zero-order chi connectivity index (χ0) is 18.4. The number of halogens is 1. The number of hydrogen-bond donors (Lipinski definition) is 1. The first-order chi connectivity index (χ1) is 12.7. The molecule has 1 heterocycles. The van der Waals surface area contributed by atoms with Crippen molar-refractivity contribution in [3.8, 4) is 5.75 Å². The Balaban J connectivity index is 1.77. The van der Waals surface area contributed by atoms with Crippen LogP contribution in [0.15, 0.2) is 66.0 Å². The van der Waals surface area contributed by atoms with Crippen molar-refractivity contribution in [3.63, 3.8) is 0 Å². The average molecular weight is 369 g/mol. The van der Waals surface area contributed by atoms with Gasteiger partial charge in [-0.1, -0.05) is 36.4 Å². The summed E-state index contributed by atoms with van der Waals surface area (Å²) in [5.41, 5.74) is 1.38. The topological polar surface area (TPSA) is 38.3 Å². The Labute approximate surface area is 156 Å². The van der Waals surface area contributed by atoms with Crippen LogP contribution in [-0.4, -0.2) is 13.0 Å². The molecule has 0 aliphatic rings. The van der Waals surface area contributed by atoms with Crippen LogP contribution in [0.1, 0.15) is 21.9 Å². The summed E-state index contributed by atoms with van der Waals surface area (Å²) in [6.07, 6.45) is 0.604. The van der Waals surface area contributed by atoms with Crippen LogP contribution in [0.3, 0.4) is 0 Å². The Bertz CT molecular complexity index is 847. The molecule has 0 aliphatic heterocycles. The molecule has 0 radical (unpaired) electrons. The Hall–Kier alpha value is -2.66. The molecule has 134 valence electrons. The van der Waals surface area contributed by atoms with Gasteiger partial charge in [-0.25, -0.2) is 4.39 Å². The van der Waals surface area contributed by atoms with Gasteiger partial charge in [-0.05, 0) is 41.6 Å². The van der Waals surface area contributed by atoms with Gasteiger partial charge < -0.3 is 10.1 Å². The molecule has 0 fully saturated rings. The second kappa shape index (κ2) is 8.63. The lowest BCUT2D eigenvalue weighted by Crippen LogP contribution is -2.30. The second-order valence-corrected chi connectivity index (χ2v) is 6.95. The molecule has 2 aromatic carbocycles.